The van der Waals surface area contributed by atoms with E-state index in [2.05, 4.69) is 17.1 Å². The lowest BCUT2D eigenvalue weighted by molar-refractivity contribution is 0.546. The van der Waals surface area contributed by atoms with E-state index in [4.69, 9.17) is 18.1 Å². The highest BCUT2D eigenvalue weighted by Gasteiger charge is 2.02. The summed E-state index contributed by atoms with van der Waals surface area (Å²) < 4.78 is 1.98. The second kappa shape index (κ2) is 10.9. The van der Waals surface area contributed by atoms with E-state index in [1.165, 1.54) is 68.9 Å². The Morgan fingerprint density at radius 1 is 0.950 bits per heavy atom. The van der Waals surface area contributed by atoms with Crippen molar-refractivity contribution < 1.29 is 0 Å². The van der Waals surface area contributed by atoms with Gasteiger partial charge in [-0.3, -0.25) is 5.10 Å². The summed E-state index contributed by atoms with van der Waals surface area (Å²) in [5, 5.41) is 6.84. The number of aromatic nitrogens is 3. The normalized spacial score (nSPS) is 11.1. The summed E-state index contributed by atoms with van der Waals surface area (Å²) in [6, 6.07) is 0. The van der Waals surface area contributed by atoms with Crippen molar-refractivity contribution in [2.24, 2.45) is 0 Å². The molecule has 3 N–H and O–H groups in total. The van der Waals surface area contributed by atoms with Gasteiger partial charge >= 0.3 is 0 Å². The van der Waals surface area contributed by atoms with Crippen molar-refractivity contribution in [3.8, 4) is 0 Å². The van der Waals surface area contributed by atoms with Crippen LogP contribution in [0.15, 0.2) is 0 Å². The van der Waals surface area contributed by atoms with Crippen molar-refractivity contribution in [3.63, 3.8) is 0 Å². The van der Waals surface area contributed by atoms with Gasteiger partial charge in [0.1, 0.15) is 0 Å². The highest BCUT2D eigenvalue weighted by Crippen LogP contribution is 2.12. The van der Waals surface area contributed by atoms with Gasteiger partial charge < -0.3 is 5.84 Å². The molecule has 20 heavy (non-hydrogen) atoms. The topological polar surface area (TPSA) is 59.6 Å². The van der Waals surface area contributed by atoms with E-state index in [0.717, 1.165) is 18.7 Å². The fraction of sp³-hybridized carbons (Fsp3) is 0.867. The second-order valence-corrected chi connectivity index (χ2v) is 5.99. The average Bonchev–Trinajstić information content (AvgIpc) is 2.76. The van der Waals surface area contributed by atoms with Crippen molar-refractivity contribution in [2.45, 2.75) is 84.0 Å². The van der Waals surface area contributed by atoms with Crippen molar-refractivity contribution in [2.75, 3.05) is 5.84 Å². The van der Waals surface area contributed by atoms with Gasteiger partial charge in [0.25, 0.3) is 0 Å². The Balaban J connectivity index is 1.88. The number of aryl methyl sites for hydroxylation is 1. The van der Waals surface area contributed by atoms with Gasteiger partial charge in [-0.1, -0.05) is 71.1 Å². The van der Waals surface area contributed by atoms with E-state index in [-0.39, 0.29) is 0 Å². The zero-order valence-electron chi connectivity index (χ0n) is 12.9. The molecule has 5 heteroatoms. The quantitative estimate of drug-likeness (QED) is 0.339. The molecular weight excluding hydrogens is 268 g/mol. The summed E-state index contributed by atoms with van der Waals surface area (Å²) in [5.41, 5.74) is 0. The molecule has 0 aliphatic carbocycles. The van der Waals surface area contributed by atoms with E-state index >= 15 is 0 Å². The minimum absolute atomic E-state index is 0.503. The Morgan fingerprint density at radius 2 is 1.45 bits per heavy atom. The molecule has 0 amide bonds. The Bertz CT molecular complexity index is 397. The molecule has 0 aromatic carbocycles. The third-order valence-corrected chi connectivity index (χ3v) is 4.07. The van der Waals surface area contributed by atoms with Gasteiger partial charge in [0.2, 0.25) is 4.77 Å². The molecule has 1 rings (SSSR count). The number of nitrogens with one attached hydrogen (secondary N) is 1. The molecule has 0 bridgehead atoms. The Morgan fingerprint density at radius 3 is 1.90 bits per heavy atom. The van der Waals surface area contributed by atoms with Crippen molar-refractivity contribution in [1.82, 2.24) is 14.9 Å². The zero-order chi connectivity index (χ0) is 14.6. The number of aromatic amines is 1. The molecule has 1 aromatic heterocycles. The highest BCUT2D eigenvalue weighted by molar-refractivity contribution is 7.71. The number of nitrogen functional groups attached to an aromatic ring is 1. The molecule has 0 fully saturated rings. The summed E-state index contributed by atoms with van der Waals surface area (Å²) in [6.45, 7) is 2.27. The maximum Gasteiger partial charge on any atom is 0.214 e. The molecule has 0 saturated carbocycles. The van der Waals surface area contributed by atoms with Gasteiger partial charge in [0, 0.05) is 6.42 Å². The lowest BCUT2D eigenvalue weighted by atomic mass is 10.1. The minimum atomic E-state index is 0.503. The Hall–Kier alpha value is -0.840. The van der Waals surface area contributed by atoms with Crippen LogP contribution < -0.4 is 5.84 Å². The largest absolute Gasteiger partial charge is 0.335 e. The molecule has 1 heterocycles. The first-order chi connectivity index (χ1) is 9.75. The first-order valence-electron chi connectivity index (χ1n) is 8.17. The molecule has 0 aliphatic rings. The predicted octanol–water partition coefficient (Wildman–Crippen LogP) is 4.51. The van der Waals surface area contributed by atoms with Crippen molar-refractivity contribution in [1.29, 1.82) is 0 Å². The summed E-state index contributed by atoms with van der Waals surface area (Å²) in [5.74, 6) is 6.62. The van der Waals surface area contributed by atoms with Crippen LogP contribution in [0.1, 0.15) is 83.4 Å². The van der Waals surface area contributed by atoms with E-state index in [1.54, 1.807) is 0 Å². The van der Waals surface area contributed by atoms with Crippen LogP contribution in [0.3, 0.4) is 0 Å². The summed E-state index contributed by atoms with van der Waals surface area (Å²) >= 11 is 4.98. The number of rotatable bonds is 12. The van der Waals surface area contributed by atoms with E-state index in [1.807, 2.05) is 0 Å². The fourth-order valence-electron chi connectivity index (χ4n) is 2.46. The molecule has 0 unspecified atom stereocenters. The Labute approximate surface area is 128 Å². The minimum Gasteiger partial charge on any atom is -0.335 e. The molecule has 0 atom stereocenters. The molecule has 0 aliphatic heterocycles. The summed E-state index contributed by atoms with van der Waals surface area (Å²) in [6.07, 6.45) is 15.8. The second-order valence-electron chi connectivity index (χ2n) is 5.60. The van der Waals surface area contributed by atoms with Crippen LogP contribution in [0.5, 0.6) is 0 Å². The number of nitrogens with two attached hydrogens (primary N) is 1. The molecule has 0 saturated heterocycles. The van der Waals surface area contributed by atoms with E-state index < -0.39 is 0 Å². The maximum absolute atomic E-state index is 5.75. The van der Waals surface area contributed by atoms with Gasteiger partial charge in [-0.15, -0.1) is 0 Å². The number of hydrogen-bond acceptors (Lipinski definition) is 3. The SMILES string of the molecule is CCCCCCCCCCCCCc1n[nH]c(=S)n1N. The van der Waals surface area contributed by atoms with Gasteiger partial charge in [0.05, 0.1) is 0 Å². The molecule has 4 nitrogen and oxygen atoms in total. The van der Waals surface area contributed by atoms with Gasteiger partial charge in [-0.25, -0.2) is 4.68 Å². The van der Waals surface area contributed by atoms with Gasteiger partial charge in [-0.2, -0.15) is 5.10 Å². The molecule has 0 radical (unpaired) electrons. The number of hydrogen-bond donors (Lipinski definition) is 2. The first kappa shape index (κ1) is 17.2. The Kier molecular flexibility index (Phi) is 9.37. The predicted molar refractivity (Wildman–Crippen MR) is 87.7 cm³/mol. The monoisotopic (exact) mass is 298 g/mol. The summed E-state index contributed by atoms with van der Waals surface area (Å²) in [4.78, 5) is 0. The van der Waals surface area contributed by atoms with Crippen LogP contribution in [0.25, 0.3) is 0 Å². The van der Waals surface area contributed by atoms with Crippen LogP contribution in [0.2, 0.25) is 0 Å². The van der Waals surface area contributed by atoms with E-state index in [9.17, 15) is 0 Å². The first-order valence-corrected chi connectivity index (χ1v) is 8.58. The van der Waals surface area contributed by atoms with Crippen molar-refractivity contribution >= 4 is 12.2 Å². The molecule has 0 spiro atoms. The molecular formula is C15H30N4S. The van der Waals surface area contributed by atoms with Crippen LogP contribution >= 0.6 is 12.2 Å². The lowest BCUT2D eigenvalue weighted by Gasteiger charge is -2.02. The fourth-order valence-corrected chi connectivity index (χ4v) is 2.61. The van der Waals surface area contributed by atoms with E-state index in [0.29, 0.717) is 4.77 Å². The average molecular weight is 298 g/mol. The smallest absolute Gasteiger partial charge is 0.214 e. The zero-order valence-corrected chi connectivity index (χ0v) is 13.7. The maximum atomic E-state index is 5.75. The summed E-state index contributed by atoms with van der Waals surface area (Å²) in [7, 11) is 0. The molecule has 116 valence electrons. The lowest BCUT2D eigenvalue weighted by Crippen LogP contribution is -2.12. The van der Waals surface area contributed by atoms with Crippen LogP contribution in [-0.4, -0.2) is 14.9 Å². The van der Waals surface area contributed by atoms with Crippen molar-refractivity contribution in [3.05, 3.63) is 10.6 Å². The third kappa shape index (κ3) is 7.08. The van der Waals surface area contributed by atoms with Crippen LogP contribution in [0.4, 0.5) is 0 Å². The standard InChI is InChI=1S/C15H30N4S/c1-2-3-4-5-6-7-8-9-10-11-12-13-14-17-18-15(20)19(14)16/h2-13,16H2,1H3,(H,18,20). The highest BCUT2D eigenvalue weighted by atomic mass is 32.1. The van der Waals surface area contributed by atoms with Gasteiger partial charge in [0.15, 0.2) is 5.82 Å². The van der Waals surface area contributed by atoms with Crippen LogP contribution in [-0.2, 0) is 6.42 Å². The van der Waals surface area contributed by atoms with Gasteiger partial charge in [-0.05, 0) is 18.6 Å². The number of H-pyrrole nitrogens is 1. The van der Waals surface area contributed by atoms with Crippen LogP contribution in [0, 0.1) is 4.77 Å². The number of unbranched alkanes of at least 4 members (excludes halogenated alkanes) is 10. The third-order valence-electron chi connectivity index (χ3n) is 3.78. The molecule has 1 aromatic rings. The number of nitrogens with zero attached hydrogens (tertiary/aromatic N) is 2.